The van der Waals surface area contributed by atoms with E-state index in [2.05, 4.69) is 55.4 Å². The van der Waals surface area contributed by atoms with Gasteiger partial charge in [-0.1, -0.05) is 331 Å². The largest absolute Gasteiger partial charge is 0.472 e. The smallest absolute Gasteiger partial charge is 0.462 e. The third-order valence-electron chi connectivity index (χ3n) is 17.6. The minimum absolute atomic E-state index is 0.106. The molecular formula is C76H148O17P2. The van der Waals surface area contributed by atoms with Gasteiger partial charge in [-0.2, -0.15) is 0 Å². The molecule has 0 aliphatic rings. The Bertz CT molecular complexity index is 1870. The van der Waals surface area contributed by atoms with Crippen LogP contribution in [0, 0.1) is 23.7 Å². The predicted molar refractivity (Wildman–Crippen MR) is 386 cm³/mol. The van der Waals surface area contributed by atoms with Crippen LogP contribution < -0.4 is 0 Å². The number of hydrogen-bond donors (Lipinski definition) is 3. The van der Waals surface area contributed by atoms with Gasteiger partial charge in [-0.25, -0.2) is 9.13 Å². The zero-order valence-corrected chi connectivity index (χ0v) is 64.1. The van der Waals surface area contributed by atoms with Crippen molar-refractivity contribution in [1.29, 1.82) is 0 Å². The molecule has 0 aromatic heterocycles. The summed E-state index contributed by atoms with van der Waals surface area (Å²) in [4.78, 5) is 72.8. The van der Waals surface area contributed by atoms with Crippen molar-refractivity contribution in [2.75, 3.05) is 39.6 Å². The van der Waals surface area contributed by atoms with Gasteiger partial charge >= 0.3 is 39.5 Å². The van der Waals surface area contributed by atoms with Crippen LogP contribution in [0.4, 0.5) is 0 Å². The number of aliphatic hydroxyl groups excluding tert-OH is 1. The number of hydrogen-bond acceptors (Lipinski definition) is 15. The monoisotopic (exact) mass is 1400 g/mol. The van der Waals surface area contributed by atoms with Gasteiger partial charge in [0.2, 0.25) is 0 Å². The van der Waals surface area contributed by atoms with Crippen LogP contribution >= 0.6 is 15.6 Å². The molecule has 2 unspecified atom stereocenters. The molecule has 95 heavy (non-hydrogen) atoms. The van der Waals surface area contributed by atoms with Crippen molar-refractivity contribution < 1.29 is 80.2 Å². The van der Waals surface area contributed by atoms with E-state index in [0.717, 1.165) is 114 Å². The minimum atomic E-state index is -4.96. The van der Waals surface area contributed by atoms with Crippen LogP contribution in [0.2, 0.25) is 0 Å². The Morgan fingerprint density at radius 3 is 0.653 bits per heavy atom. The molecule has 0 rings (SSSR count). The maximum Gasteiger partial charge on any atom is 0.472 e. The standard InChI is InChI=1S/C76H148O17P2/c1-66(2)52-44-36-28-22-16-11-9-13-19-25-31-40-48-56-73(78)86-62-71(92-76(81)59-51-43-33-27-21-15-18-24-30-38-46-54-68(5)6)64-90-94(82,83)88-60-70(77)61-89-95(84,85)91-65-72(63-87-74(79)57-49-41-35-34-39-47-55-69(7)8)93-75(80)58-50-42-32-26-20-14-10-12-17-23-29-37-45-53-67(3)4/h66-72,77H,9-65H2,1-8H3,(H,82,83)(H,84,85)/t70-,71-,72-/m1/s1. The molecule has 0 heterocycles. The fourth-order valence-electron chi connectivity index (χ4n) is 11.6. The average molecular weight is 1400 g/mol. The van der Waals surface area contributed by atoms with E-state index in [0.29, 0.717) is 31.6 Å². The van der Waals surface area contributed by atoms with Crippen molar-refractivity contribution in [3.63, 3.8) is 0 Å². The van der Waals surface area contributed by atoms with Gasteiger partial charge < -0.3 is 33.8 Å². The molecule has 0 aliphatic carbocycles. The van der Waals surface area contributed by atoms with Crippen LogP contribution in [0.25, 0.3) is 0 Å². The van der Waals surface area contributed by atoms with Crippen molar-refractivity contribution in [1.82, 2.24) is 0 Å². The van der Waals surface area contributed by atoms with Crippen LogP contribution in [-0.2, 0) is 65.4 Å². The Labute approximate surface area is 581 Å². The molecule has 564 valence electrons. The zero-order valence-electron chi connectivity index (χ0n) is 62.3. The number of phosphoric acid groups is 2. The van der Waals surface area contributed by atoms with Crippen LogP contribution in [0.1, 0.15) is 383 Å². The van der Waals surface area contributed by atoms with Crippen LogP contribution in [0.3, 0.4) is 0 Å². The second kappa shape index (κ2) is 65.4. The molecule has 0 radical (unpaired) electrons. The quantitative estimate of drug-likeness (QED) is 0.0222. The molecule has 17 nitrogen and oxygen atoms in total. The van der Waals surface area contributed by atoms with Gasteiger partial charge in [0.15, 0.2) is 12.2 Å². The Balaban J connectivity index is 5.23. The minimum Gasteiger partial charge on any atom is -0.462 e. The van der Waals surface area contributed by atoms with E-state index >= 15 is 0 Å². The molecule has 0 fully saturated rings. The van der Waals surface area contributed by atoms with Gasteiger partial charge in [-0.05, 0) is 49.4 Å². The van der Waals surface area contributed by atoms with Crippen molar-refractivity contribution >= 4 is 39.5 Å². The molecule has 5 atom stereocenters. The normalized spacial score (nSPS) is 14.1. The van der Waals surface area contributed by atoms with Gasteiger partial charge in [0.1, 0.15) is 19.3 Å². The molecule has 0 spiro atoms. The maximum absolute atomic E-state index is 13.1. The summed E-state index contributed by atoms with van der Waals surface area (Å²) in [7, 11) is -9.91. The van der Waals surface area contributed by atoms with Gasteiger partial charge in [-0.3, -0.25) is 37.3 Å². The summed E-state index contributed by atoms with van der Waals surface area (Å²) >= 11 is 0. The number of carbonyl (C=O) groups is 4. The SMILES string of the molecule is CC(C)CCCCCCCCCCCCCCCC(=O)OC[C@H](COP(=O)(O)OC[C@@H](O)COP(=O)(O)OC[C@@H](COC(=O)CCCCCCCCC(C)C)OC(=O)CCCCCCCCCCCCCCCC(C)C)OC(=O)CCCCCCCCCCCCCC(C)C. The van der Waals surface area contributed by atoms with Crippen LogP contribution in [0.15, 0.2) is 0 Å². The zero-order chi connectivity index (χ0) is 70.3. The summed E-state index contributed by atoms with van der Waals surface area (Å²) in [5.41, 5.74) is 0. The first-order valence-corrected chi connectivity index (χ1v) is 42.2. The number of carbonyl (C=O) groups excluding carboxylic acids is 4. The average Bonchev–Trinajstić information content (AvgIpc) is 3.24. The summed E-state index contributed by atoms with van der Waals surface area (Å²) < 4.78 is 68.5. The lowest BCUT2D eigenvalue weighted by Gasteiger charge is -2.21. The Hall–Kier alpha value is -1.94. The molecule has 0 bridgehead atoms. The van der Waals surface area contributed by atoms with Gasteiger partial charge in [0.25, 0.3) is 0 Å². The lowest BCUT2D eigenvalue weighted by molar-refractivity contribution is -0.161. The summed E-state index contributed by atoms with van der Waals surface area (Å²) in [6.45, 7) is 14.2. The van der Waals surface area contributed by atoms with Crippen LogP contribution in [0.5, 0.6) is 0 Å². The van der Waals surface area contributed by atoms with Gasteiger partial charge in [-0.15, -0.1) is 0 Å². The molecule has 3 N–H and O–H groups in total. The highest BCUT2D eigenvalue weighted by atomic mass is 31.2. The van der Waals surface area contributed by atoms with Crippen molar-refractivity contribution in [2.24, 2.45) is 23.7 Å². The molecule has 0 aliphatic heterocycles. The summed E-state index contributed by atoms with van der Waals surface area (Å²) in [5, 5.41) is 10.6. The van der Waals surface area contributed by atoms with E-state index in [1.165, 1.54) is 180 Å². The molecule has 0 saturated heterocycles. The molecule has 19 heteroatoms. The second-order valence-corrected chi connectivity index (χ2v) is 32.2. The predicted octanol–water partition coefficient (Wildman–Crippen LogP) is 22.0. The first-order chi connectivity index (χ1) is 45.6. The third kappa shape index (κ3) is 70.3. The van der Waals surface area contributed by atoms with Gasteiger partial charge in [0, 0.05) is 25.7 Å². The maximum atomic E-state index is 13.1. The van der Waals surface area contributed by atoms with Crippen LogP contribution in [-0.4, -0.2) is 96.7 Å². The highest BCUT2D eigenvalue weighted by molar-refractivity contribution is 7.47. The first kappa shape index (κ1) is 93.1. The Morgan fingerprint density at radius 2 is 0.442 bits per heavy atom. The number of esters is 4. The summed E-state index contributed by atoms with van der Waals surface area (Å²) in [6.07, 6.45) is 50.1. The van der Waals surface area contributed by atoms with E-state index in [1.807, 2.05) is 0 Å². The number of unbranched alkanes of at least 4 members (excludes halogenated alkanes) is 39. The summed E-state index contributed by atoms with van der Waals surface area (Å²) in [5.74, 6) is 0.901. The van der Waals surface area contributed by atoms with Gasteiger partial charge in [0.05, 0.1) is 26.4 Å². The van der Waals surface area contributed by atoms with E-state index in [4.69, 9.17) is 37.0 Å². The lowest BCUT2D eigenvalue weighted by Crippen LogP contribution is -2.30. The van der Waals surface area contributed by atoms with Crippen molar-refractivity contribution in [3.05, 3.63) is 0 Å². The molecule has 0 aromatic carbocycles. The van der Waals surface area contributed by atoms with Crippen molar-refractivity contribution in [2.45, 2.75) is 401 Å². The highest BCUT2D eigenvalue weighted by Crippen LogP contribution is 2.45. The second-order valence-electron chi connectivity index (χ2n) is 29.3. The number of aliphatic hydroxyl groups is 1. The topological polar surface area (TPSA) is 237 Å². The van der Waals surface area contributed by atoms with E-state index in [1.54, 1.807) is 0 Å². The molecular weight excluding hydrogens is 1250 g/mol. The summed E-state index contributed by atoms with van der Waals surface area (Å²) in [6, 6.07) is 0. The Kier molecular flexibility index (Phi) is 64.0. The molecule has 0 saturated carbocycles. The molecule has 0 aromatic rings. The third-order valence-corrected chi connectivity index (χ3v) is 19.5. The number of rotatable bonds is 73. The Morgan fingerprint density at radius 1 is 0.263 bits per heavy atom. The number of ether oxygens (including phenoxy) is 4. The lowest BCUT2D eigenvalue weighted by atomic mass is 10.0. The fraction of sp³-hybridized carbons (Fsp3) is 0.947. The van der Waals surface area contributed by atoms with E-state index < -0.39 is 97.5 Å². The van der Waals surface area contributed by atoms with E-state index in [-0.39, 0.29) is 25.7 Å². The van der Waals surface area contributed by atoms with Crippen molar-refractivity contribution in [3.8, 4) is 0 Å². The van der Waals surface area contributed by atoms with E-state index in [9.17, 15) is 43.2 Å². The highest BCUT2D eigenvalue weighted by Gasteiger charge is 2.30. The molecule has 0 amide bonds. The first-order valence-electron chi connectivity index (χ1n) is 39.2. The fourth-order valence-corrected chi connectivity index (χ4v) is 13.1. The number of phosphoric ester groups is 2.